The molecule has 1 amide bonds. The number of nitrogens with zero attached hydrogens (tertiary/aromatic N) is 1. The number of rotatable bonds is 5. The van der Waals surface area contributed by atoms with Gasteiger partial charge in [0.05, 0.1) is 0 Å². The Kier molecular flexibility index (Phi) is 5.16. The summed E-state index contributed by atoms with van der Waals surface area (Å²) in [5.41, 5.74) is 3.25. The molecular formula is C21H21NO4. The summed E-state index contributed by atoms with van der Waals surface area (Å²) in [6, 6.07) is 13.5. The van der Waals surface area contributed by atoms with Crippen LogP contribution in [0.1, 0.15) is 45.9 Å². The van der Waals surface area contributed by atoms with Gasteiger partial charge in [-0.05, 0) is 24.5 Å². The Morgan fingerprint density at radius 3 is 2.42 bits per heavy atom. The van der Waals surface area contributed by atoms with Gasteiger partial charge in [0.15, 0.2) is 11.8 Å². The number of aliphatic carboxylic acids is 1. The molecule has 0 saturated heterocycles. The lowest BCUT2D eigenvalue weighted by Gasteiger charge is -2.34. The minimum Gasteiger partial charge on any atom is -0.479 e. The maximum atomic E-state index is 12.6. The molecule has 2 aromatic carbocycles. The van der Waals surface area contributed by atoms with Gasteiger partial charge in [-0.25, -0.2) is 4.79 Å². The van der Waals surface area contributed by atoms with Crippen LogP contribution in [0.15, 0.2) is 48.5 Å². The molecule has 0 bridgehead atoms. The van der Waals surface area contributed by atoms with E-state index in [1.54, 1.807) is 24.3 Å². The topological polar surface area (TPSA) is 74.7 Å². The molecule has 0 spiro atoms. The van der Waals surface area contributed by atoms with Crippen molar-refractivity contribution in [3.63, 3.8) is 0 Å². The SMILES string of the molecule is Cc1ccc(C(=O)CCC(=O)N2CCc3ccccc3C2C(=O)O)cc1. The molecule has 26 heavy (non-hydrogen) atoms. The fourth-order valence-electron chi connectivity index (χ4n) is 3.35. The highest BCUT2D eigenvalue weighted by atomic mass is 16.4. The number of carboxylic acid groups (broad SMARTS) is 1. The standard InChI is InChI=1S/C21H21NO4/c1-14-6-8-16(9-7-14)18(23)10-11-19(24)22-13-12-15-4-2-3-5-17(15)20(22)21(25)26/h2-9,20H,10-13H2,1H3,(H,25,26). The van der Waals surface area contributed by atoms with Gasteiger partial charge < -0.3 is 10.0 Å². The van der Waals surface area contributed by atoms with Gasteiger partial charge in [0.2, 0.25) is 5.91 Å². The molecule has 5 nitrogen and oxygen atoms in total. The number of carbonyl (C=O) groups is 3. The fourth-order valence-corrected chi connectivity index (χ4v) is 3.35. The van der Waals surface area contributed by atoms with Crippen molar-refractivity contribution < 1.29 is 19.5 Å². The Bertz CT molecular complexity index is 841. The van der Waals surface area contributed by atoms with Crippen LogP contribution in [0.25, 0.3) is 0 Å². The van der Waals surface area contributed by atoms with Crippen LogP contribution in [-0.4, -0.2) is 34.2 Å². The lowest BCUT2D eigenvalue weighted by atomic mass is 9.92. The minimum absolute atomic E-state index is 0.0126. The van der Waals surface area contributed by atoms with Crippen LogP contribution >= 0.6 is 0 Å². The monoisotopic (exact) mass is 351 g/mol. The van der Waals surface area contributed by atoms with E-state index in [1.165, 1.54) is 4.90 Å². The van der Waals surface area contributed by atoms with Gasteiger partial charge in [0.1, 0.15) is 0 Å². The van der Waals surface area contributed by atoms with E-state index in [0.717, 1.165) is 11.1 Å². The first-order chi connectivity index (χ1) is 12.5. The maximum absolute atomic E-state index is 12.6. The summed E-state index contributed by atoms with van der Waals surface area (Å²) in [7, 11) is 0. The van der Waals surface area contributed by atoms with Crippen LogP contribution in [0.2, 0.25) is 0 Å². The molecule has 0 aliphatic carbocycles. The lowest BCUT2D eigenvalue weighted by molar-refractivity contribution is -0.151. The highest BCUT2D eigenvalue weighted by molar-refractivity contribution is 5.98. The maximum Gasteiger partial charge on any atom is 0.331 e. The van der Waals surface area contributed by atoms with Crippen LogP contribution in [0.5, 0.6) is 0 Å². The van der Waals surface area contributed by atoms with Gasteiger partial charge >= 0.3 is 5.97 Å². The quantitative estimate of drug-likeness (QED) is 0.840. The van der Waals surface area contributed by atoms with E-state index in [2.05, 4.69) is 0 Å². The first-order valence-corrected chi connectivity index (χ1v) is 8.67. The largest absolute Gasteiger partial charge is 0.479 e. The number of hydrogen-bond donors (Lipinski definition) is 1. The number of amides is 1. The van der Waals surface area contributed by atoms with Gasteiger partial charge in [-0.3, -0.25) is 9.59 Å². The molecule has 1 unspecified atom stereocenters. The van der Waals surface area contributed by atoms with E-state index in [0.29, 0.717) is 24.1 Å². The van der Waals surface area contributed by atoms with Crippen LogP contribution in [0.4, 0.5) is 0 Å². The molecular weight excluding hydrogens is 330 g/mol. The third-order valence-corrected chi connectivity index (χ3v) is 4.78. The highest BCUT2D eigenvalue weighted by Gasteiger charge is 2.35. The molecule has 0 saturated carbocycles. The Morgan fingerprint density at radius 1 is 1.04 bits per heavy atom. The second-order valence-electron chi connectivity index (χ2n) is 6.57. The molecule has 1 atom stereocenters. The molecule has 5 heteroatoms. The van der Waals surface area contributed by atoms with Gasteiger partial charge in [-0.15, -0.1) is 0 Å². The Labute approximate surface area is 152 Å². The summed E-state index contributed by atoms with van der Waals surface area (Å²) in [6.07, 6.45) is 0.711. The zero-order valence-electron chi connectivity index (χ0n) is 14.6. The second kappa shape index (κ2) is 7.52. The second-order valence-corrected chi connectivity index (χ2v) is 6.57. The fraction of sp³-hybridized carbons (Fsp3) is 0.286. The number of ketones is 1. The third-order valence-electron chi connectivity index (χ3n) is 4.78. The molecule has 134 valence electrons. The van der Waals surface area contributed by atoms with Gasteiger partial charge in [-0.1, -0.05) is 54.1 Å². The number of benzene rings is 2. The molecule has 0 aromatic heterocycles. The average molecular weight is 351 g/mol. The van der Waals surface area contributed by atoms with E-state index in [1.807, 2.05) is 31.2 Å². The smallest absolute Gasteiger partial charge is 0.331 e. The summed E-state index contributed by atoms with van der Waals surface area (Å²) in [5, 5.41) is 9.62. The number of Topliss-reactive ketones (excluding diaryl/α,β-unsaturated/α-hetero) is 1. The van der Waals surface area contributed by atoms with Crippen molar-refractivity contribution in [1.29, 1.82) is 0 Å². The van der Waals surface area contributed by atoms with Crippen molar-refractivity contribution in [3.05, 3.63) is 70.8 Å². The van der Waals surface area contributed by atoms with Crippen LogP contribution < -0.4 is 0 Å². The van der Waals surface area contributed by atoms with E-state index >= 15 is 0 Å². The van der Waals surface area contributed by atoms with Crippen LogP contribution in [0, 0.1) is 6.92 Å². The Morgan fingerprint density at radius 2 is 1.73 bits per heavy atom. The van der Waals surface area contributed by atoms with Crippen molar-refractivity contribution in [2.75, 3.05) is 6.54 Å². The molecule has 1 aliphatic heterocycles. The highest BCUT2D eigenvalue weighted by Crippen LogP contribution is 2.30. The average Bonchev–Trinajstić information content (AvgIpc) is 2.65. The number of carbonyl (C=O) groups excluding carboxylic acids is 2. The molecule has 0 radical (unpaired) electrons. The number of aryl methyl sites for hydroxylation is 1. The molecule has 1 heterocycles. The lowest BCUT2D eigenvalue weighted by Crippen LogP contribution is -2.43. The van der Waals surface area contributed by atoms with E-state index in [4.69, 9.17) is 0 Å². The van der Waals surface area contributed by atoms with Gasteiger partial charge in [0.25, 0.3) is 0 Å². The summed E-state index contributed by atoms with van der Waals surface area (Å²) in [6.45, 7) is 2.30. The van der Waals surface area contributed by atoms with Crippen molar-refractivity contribution in [2.24, 2.45) is 0 Å². The molecule has 2 aromatic rings. The first-order valence-electron chi connectivity index (χ1n) is 8.67. The normalized spacial score (nSPS) is 16.0. The van der Waals surface area contributed by atoms with Crippen LogP contribution in [-0.2, 0) is 16.0 Å². The molecule has 1 N–H and O–H groups in total. The van der Waals surface area contributed by atoms with Crippen molar-refractivity contribution in [2.45, 2.75) is 32.2 Å². The molecule has 0 fully saturated rings. The number of carboxylic acids is 1. The third kappa shape index (κ3) is 3.67. The van der Waals surface area contributed by atoms with Gasteiger partial charge in [0, 0.05) is 24.9 Å². The first kappa shape index (κ1) is 17.9. The van der Waals surface area contributed by atoms with Crippen molar-refractivity contribution >= 4 is 17.7 Å². The van der Waals surface area contributed by atoms with E-state index < -0.39 is 12.0 Å². The predicted octanol–water partition coefficient (Wildman–Crippen LogP) is 3.17. The summed E-state index contributed by atoms with van der Waals surface area (Å²) >= 11 is 0. The van der Waals surface area contributed by atoms with Crippen molar-refractivity contribution in [1.82, 2.24) is 4.90 Å². The summed E-state index contributed by atoms with van der Waals surface area (Å²) in [4.78, 5) is 38.0. The number of hydrogen-bond acceptors (Lipinski definition) is 3. The zero-order chi connectivity index (χ0) is 18.7. The van der Waals surface area contributed by atoms with Gasteiger partial charge in [-0.2, -0.15) is 0 Å². The predicted molar refractivity (Wildman–Crippen MR) is 97.0 cm³/mol. The van der Waals surface area contributed by atoms with E-state index in [9.17, 15) is 19.5 Å². The summed E-state index contributed by atoms with van der Waals surface area (Å²) in [5.74, 6) is -1.45. The Balaban J connectivity index is 1.70. The van der Waals surface area contributed by atoms with E-state index in [-0.39, 0.29) is 24.5 Å². The molecule has 1 aliphatic rings. The van der Waals surface area contributed by atoms with Crippen LogP contribution in [0.3, 0.4) is 0 Å². The molecule has 3 rings (SSSR count). The minimum atomic E-state index is -1.05. The van der Waals surface area contributed by atoms with Crippen molar-refractivity contribution in [3.8, 4) is 0 Å². The summed E-state index contributed by atoms with van der Waals surface area (Å²) < 4.78 is 0. The zero-order valence-corrected chi connectivity index (χ0v) is 14.6. The number of fused-ring (bicyclic) bond motifs is 1. The Hall–Kier alpha value is -2.95.